The van der Waals surface area contributed by atoms with Crippen molar-refractivity contribution in [2.24, 2.45) is 5.84 Å². The van der Waals surface area contributed by atoms with E-state index < -0.39 is 0 Å². The summed E-state index contributed by atoms with van der Waals surface area (Å²) in [6, 6.07) is 3.52. The van der Waals surface area contributed by atoms with Crippen molar-refractivity contribution in [3.8, 4) is 11.5 Å². The lowest BCUT2D eigenvalue weighted by Gasteiger charge is -2.11. The van der Waals surface area contributed by atoms with Crippen molar-refractivity contribution < 1.29 is 0 Å². The number of nitrogens with one attached hydrogen (secondary N) is 1. The summed E-state index contributed by atoms with van der Waals surface area (Å²) in [5.74, 6) is 6.57. The summed E-state index contributed by atoms with van der Waals surface area (Å²) in [5.41, 5.74) is 5.02. The van der Waals surface area contributed by atoms with Crippen LogP contribution in [0, 0.1) is 6.92 Å². The molecular weight excluding hydrogens is 250 g/mol. The van der Waals surface area contributed by atoms with Crippen molar-refractivity contribution in [2.45, 2.75) is 20.3 Å². The van der Waals surface area contributed by atoms with Crippen molar-refractivity contribution in [3.05, 3.63) is 34.6 Å². The molecule has 6 heteroatoms. The molecule has 0 aromatic carbocycles. The summed E-state index contributed by atoms with van der Waals surface area (Å²) in [5, 5.41) is 0.518. The van der Waals surface area contributed by atoms with Gasteiger partial charge in [-0.1, -0.05) is 18.5 Å². The first-order chi connectivity index (χ1) is 8.67. The van der Waals surface area contributed by atoms with Crippen LogP contribution in [0.25, 0.3) is 11.5 Å². The first-order valence-electron chi connectivity index (χ1n) is 5.62. The number of nitrogens with two attached hydrogens (primary N) is 1. The van der Waals surface area contributed by atoms with Crippen LogP contribution in [-0.4, -0.2) is 15.0 Å². The van der Waals surface area contributed by atoms with Crippen LogP contribution in [0.2, 0.25) is 5.02 Å². The van der Waals surface area contributed by atoms with E-state index in [-0.39, 0.29) is 0 Å². The van der Waals surface area contributed by atoms with Gasteiger partial charge in [0.15, 0.2) is 5.82 Å². The van der Waals surface area contributed by atoms with E-state index in [0.29, 0.717) is 22.4 Å². The lowest BCUT2D eigenvalue weighted by molar-refractivity contribution is 0.989. The van der Waals surface area contributed by atoms with Crippen molar-refractivity contribution in [3.63, 3.8) is 0 Å². The number of nitrogen functional groups attached to an aromatic ring is 1. The topological polar surface area (TPSA) is 76.7 Å². The predicted molar refractivity (Wildman–Crippen MR) is 72.2 cm³/mol. The number of aryl methyl sites for hydroxylation is 1. The fourth-order valence-corrected chi connectivity index (χ4v) is 2.00. The van der Waals surface area contributed by atoms with Gasteiger partial charge in [0, 0.05) is 17.5 Å². The van der Waals surface area contributed by atoms with Gasteiger partial charge in [-0.2, -0.15) is 0 Å². The molecule has 0 saturated carbocycles. The fraction of sp³-hybridized carbons (Fsp3) is 0.250. The molecule has 2 heterocycles. The van der Waals surface area contributed by atoms with Gasteiger partial charge in [-0.05, 0) is 25.5 Å². The van der Waals surface area contributed by atoms with Crippen LogP contribution in [-0.2, 0) is 6.42 Å². The minimum Gasteiger partial charge on any atom is -0.308 e. The van der Waals surface area contributed by atoms with Gasteiger partial charge < -0.3 is 5.43 Å². The van der Waals surface area contributed by atoms with E-state index >= 15 is 0 Å². The van der Waals surface area contributed by atoms with Gasteiger partial charge in [0.25, 0.3) is 0 Å². The smallest absolute Gasteiger partial charge is 0.182 e. The van der Waals surface area contributed by atoms with E-state index in [1.165, 1.54) is 0 Å². The summed E-state index contributed by atoms with van der Waals surface area (Å²) in [4.78, 5) is 13.0. The second kappa shape index (κ2) is 5.29. The molecule has 0 unspecified atom stereocenters. The van der Waals surface area contributed by atoms with E-state index in [9.17, 15) is 0 Å². The molecule has 2 rings (SSSR count). The van der Waals surface area contributed by atoms with Gasteiger partial charge in [-0.3, -0.25) is 4.98 Å². The van der Waals surface area contributed by atoms with Gasteiger partial charge >= 0.3 is 0 Å². The predicted octanol–water partition coefficient (Wildman–Crippen LogP) is 2.35. The van der Waals surface area contributed by atoms with Crippen molar-refractivity contribution >= 4 is 17.4 Å². The molecule has 0 aliphatic rings. The minimum atomic E-state index is 0.475. The Morgan fingerprint density at radius 2 is 2.17 bits per heavy atom. The standard InChI is InChI=1S/C12H14ClN5/c1-3-8-7(2)16-12(17-11(8)18-14)10-9(13)5-4-6-15-10/h4-6H,3,14H2,1-2H3,(H,16,17,18). The largest absolute Gasteiger partial charge is 0.308 e. The maximum atomic E-state index is 6.09. The molecule has 0 fully saturated rings. The molecule has 0 spiro atoms. The SMILES string of the molecule is CCc1c(C)nc(-c2ncccc2Cl)nc1NN. The first-order valence-corrected chi connectivity index (χ1v) is 6.00. The quantitative estimate of drug-likeness (QED) is 0.657. The minimum absolute atomic E-state index is 0.475. The average molecular weight is 264 g/mol. The van der Waals surface area contributed by atoms with Crippen LogP contribution in [0.4, 0.5) is 5.82 Å². The van der Waals surface area contributed by atoms with E-state index in [1.54, 1.807) is 18.3 Å². The molecule has 0 atom stereocenters. The van der Waals surface area contributed by atoms with Crippen LogP contribution < -0.4 is 11.3 Å². The molecule has 2 aromatic rings. The summed E-state index contributed by atoms with van der Waals surface area (Å²) in [7, 11) is 0. The summed E-state index contributed by atoms with van der Waals surface area (Å²) in [6.45, 7) is 3.95. The zero-order valence-electron chi connectivity index (χ0n) is 10.2. The lowest BCUT2D eigenvalue weighted by Crippen LogP contribution is -2.13. The summed E-state index contributed by atoms with van der Waals surface area (Å²) >= 11 is 6.09. The van der Waals surface area contributed by atoms with Gasteiger partial charge in [0.1, 0.15) is 11.5 Å². The number of anilines is 1. The molecule has 0 saturated heterocycles. The zero-order valence-corrected chi connectivity index (χ0v) is 11.0. The van der Waals surface area contributed by atoms with Gasteiger partial charge in [0.2, 0.25) is 0 Å². The Labute approximate surface area is 110 Å². The maximum absolute atomic E-state index is 6.09. The molecule has 0 aliphatic heterocycles. The van der Waals surface area contributed by atoms with Crippen molar-refractivity contribution in [1.29, 1.82) is 0 Å². The number of hydrogen-bond donors (Lipinski definition) is 2. The van der Waals surface area contributed by atoms with Crippen LogP contribution in [0.5, 0.6) is 0 Å². The van der Waals surface area contributed by atoms with E-state index in [2.05, 4.69) is 20.4 Å². The Hall–Kier alpha value is -1.72. The molecule has 0 amide bonds. The number of pyridine rings is 1. The molecular formula is C12H14ClN5. The third kappa shape index (κ3) is 2.27. The maximum Gasteiger partial charge on any atom is 0.182 e. The van der Waals surface area contributed by atoms with Gasteiger partial charge in [0.05, 0.1) is 5.02 Å². The molecule has 0 radical (unpaired) electrons. The first kappa shape index (κ1) is 12.7. The molecule has 2 aromatic heterocycles. The second-order valence-electron chi connectivity index (χ2n) is 3.79. The van der Waals surface area contributed by atoms with Gasteiger partial charge in [-0.25, -0.2) is 15.8 Å². The second-order valence-corrected chi connectivity index (χ2v) is 4.20. The zero-order chi connectivity index (χ0) is 13.1. The summed E-state index contributed by atoms with van der Waals surface area (Å²) in [6.07, 6.45) is 2.46. The monoisotopic (exact) mass is 263 g/mol. The van der Waals surface area contributed by atoms with Crippen molar-refractivity contribution in [2.75, 3.05) is 5.43 Å². The molecule has 18 heavy (non-hydrogen) atoms. The molecule has 3 N–H and O–H groups in total. The van der Waals surface area contributed by atoms with Crippen molar-refractivity contribution in [1.82, 2.24) is 15.0 Å². The molecule has 0 aliphatic carbocycles. The number of rotatable bonds is 3. The van der Waals surface area contributed by atoms with Crippen LogP contribution in [0.3, 0.4) is 0 Å². The number of hydrogen-bond acceptors (Lipinski definition) is 5. The molecule has 5 nitrogen and oxygen atoms in total. The number of halogens is 1. The number of hydrazine groups is 1. The summed E-state index contributed by atoms with van der Waals surface area (Å²) < 4.78 is 0. The Kier molecular flexibility index (Phi) is 3.74. The Balaban J connectivity index is 2.60. The Morgan fingerprint density at radius 1 is 1.39 bits per heavy atom. The molecule has 0 bridgehead atoms. The highest BCUT2D eigenvalue weighted by molar-refractivity contribution is 6.32. The van der Waals surface area contributed by atoms with Crippen LogP contribution in [0.1, 0.15) is 18.2 Å². The third-order valence-electron chi connectivity index (χ3n) is 2.67. The van der Waals surface area contributed by atoms with Crippen LogP contribution >= 0.6 is 11.6 Å². The van der Waals surface area contributed by atoms with Gasteiger partial charge in [-0.15, -0.1) is 0 Å². The third-order valence-corrected chi connectivity index (χ3v) is 2.98. The van der Waals surface area contributed by atoms with Crippen LogP contribution in [0.15, 0.2) is 18.3 Å². The number of nitrogens with zero attached hydrogens (tertiary/aromatic N) is 3. The molecule has 94 valence electrons. The highest BCUT2D eigenvalue weighted by atomic mass is 35.5. The van der Waals surface area contributed by atoms with E-state index in [0.717, 1.165) is 17.7 Å². The lowest BCUT2D eigenvalue weighted by atomic mass is 10.1. The van der Waals surface area contributed by atoms with E-state index in [1.807, 2.05) is 13.8 Å². The average Bonchev–Trinajstić information content (AvgIpc) is 2.38. The Morgan fingerprint density at radius 3 is 2.78 bits per heavy atom. The Bertz CT molecular complexity index is 570. The highest BCUT2D eigenvalue weighted by Gasteiger charge is 2.13. The number of aromatic nitrogens is 3. The normalized spacial score (nSPS) is 10.4. The fourth-order valence-electron chi connectivity index (χ4n) is 1.79. The van der Waals surface area contributed by atoms with E-state index in [4.69, 9.17) is 17.4 Å². The highest BCUT2D eigenvalue weighted by Crippen LogP contribution is 2.25.